The fraction of sp³-hybridized carbons (Fsp3) is 0.615. The minimum Gasteiger partial charge on any atom is -0.469 e. The number of fused-ring (bicyclic) bond motifs is 1. The first kappa shape index (κ1) is 26.5. The van der Waals surface area contributed by atoms with E-state index in [0.29, 0.717) is 25.3 Å². The molecule has 2 heterocycles. The normalized spacial score (nSPS) is 18.6. The molecule has 0 N–H and O–H groups in total. The van der Waals surface area contributed by atoms with Gasteiger partial charge in [0.15, 0.2) is 5.82 Å². The van der Waals surface area contributed by atoms with Gasteiger partial charge in [0.05, 0.1) is 30.1 Å². The number of aryl methyl sites for hydroxylation is 1. The maximum absolute atomic E-state index is 14.0. The average Bonchev–Trinajstić information content (AvgIpc) is 3.18. The van der Waals surface area contributed by atoms with Crippen molar-refractivity contribution in [2.24, 2.45) is 11.8 Å². The van der Waals surface area contributed by atoms with Crippen LogP contribution < -0.4 is 0 Å². The summed E-state index contributed by atoms with van der Waals surface area (Å²) in [6, 6.07) is 7.28. The van der Waals surface area contributed by atoms with Crippen LogP contribution in [0.4, 0.5) is 4.79 Å². The number of amides is 2. The number of ether oxygens (including phenoxy) is 2. The first-order valence-corrected chi connectivity index (χ1v) is 12.3. The van der Waals surface area contributed by atoms with Crippen molar-refractivity contribution in [2.75, 3.05) is 26.7 Å². The first-order valence-electron chi connectivity index (χ1n) is 12.3. The standard InChI is InChI=1S/C26H38N4O5/c1-8-29-21-12-10-9-11-20(21)27-22(29)23(31)30(14-17(2)3)19-13-18(24(32)34-7)15-28(16-19)25(33)35-26(4,5)6/h9-12,17-19H,8,13-16H2,1-7H3. The summed E-state index contributed by atoms with van der Waals surface area (Å²) >= 11 is 0. The number of likely N-dealkylation sites (tertiary alicyclic amines) is 1. The minimum atomic E-state index is -0.676. The molecule has 3 rings (SSSR count). The summed E-state index contributed by atoms with van der Waals surface area (Å²) < 4.78 is 12.5. The van der Waals surface area contributed by atoms with Crippen LogP contribution in [0.15, 0.2) is 24.3 Å². The molecular formula is C26H38N4O5. The van der Waals surface area contributed by atoms with Crippen LogP contribution >= 0.6 is 0 Å². The summed E-state index contributed by atoms with van der Waals surface area (Å²) in [4.78, 5) is 47.4. The van der Waals surface area contributed by atoms with Gasteiger partial charge < -0.3 is 23.8 Å². The van der Waals surface area contributed by atoms with Crippen LogP contribution in [0.3, 0.4) is 0 Å². The molecule has 0 aliphatic carbocycles. The Labute approximate surface area is 207 Å². The molecule has 9 nitrogen and oxygen atoms in total. The number of hydrogen-bond acceptors (Lipinski definition) is 6. The molecule has 9 heteroatoms. The van der Waals surface area contributed by atoms with Crippen molar-refractivity contribution in [1.29, 1.82) is 0 Å². The van der Waals surface area contributed by atoms with Crippen LogP contribution in [-0.2, 0) is 20.8 Å². The third-order valence-electron chi connectivity index (χ3n) is 6.04. The number of carbonyl (C=O) groups excluding carboxylic acids is 3. The van der Waals surface area contributed by atoms with Crippen LogP contribution in [0.1, 0.15) is 58.6 Å². The van der Waals surface area contributed by atoms with E-state index in [1.807, 2.05) is 49.6 Å². The zero-order chi connectivity index (χ0) is 25.9. The highest BCUT2D eigenvalue weighted by Crippen LogP contribution is 2.27. The first-order chi connectivity index (χ1) is 16.4. The Balaban J connectivity index is 1.99. The molecule has 0 radical (unpaired) electrons. The van der Waals surface area contributed by atoms with Crippen molar-refractivity contribution < 1.29 is 23.9 Å². The second kappa shape index (κ2) is 10.7. The SMILES string of the molecule is CCn1c(C(=O)N(CC(C)C)C2CC(C(=O)OC)CN(C(=O)OC(C)(C)C)C2)nc2ccccc21. The highest BCUT2D eigenvalue weighted by molar-refractivity contribution is 5.95. The predicted molar refractivity (Wildman–Crippen MR) is 133 cm³/mol. The molecule has 0 saturated carbocycles. The number of benzene rings is 1. The fourth-order valence-corrected chi connectivity index (χ4v) is 4.59. The van der Waals surface area contributed by atoms with Crippen molar-refractivity contribution in [2.45, 2.75) is 66.2 Å². The maximum atomic E-state index is 14.0. The largest absolute Gasteiger partial charge is 0.469 e. The fourth-order valence-electron chi connectivity index (χ4n) is 4.59. The lowest BCUT2D eigenvalue weighted by molar-refractivity contribution is -0.148. The topological polar surface area (TPSA) is 94.0 Å². The number of para-hydroxylation sites is 2. The number of hydrogen-bond donors (Lipinski definition) is 0. The van der Waals surface area contributed by atoms with Crippen LogP contribution in [-0.4, -0.2) is 75.7 Å². The average molecular weight is 487 g/mol. The molecule has 2 atom stereocenters. The number of nitrogens with zero attached hydrogens (tertiary/aromatic N) is 4. The molecule has 1 aliphatic heterocycles. The summed E-state index contributed by atoms with van der Waals surface area (Å²) in [6.45, 7) is 13.0. The van der Waals surface area contributed by atoms with Crippen LogP contribution in [0.5, 0.6) is 0 Å². The Morgan fingerprint density at radius 1 is 1.17 bits per heavy atom. The molecule has 35 heavy (non-hydrogen) atoms. The molecule has 1 aromatic heterocycles. The summed E-state index contributed by atoms with van der Waals surface area (Å²) in [7, 11) is 1.34. The zero-order valence-electron chi connectivity index (χ0n) is 21.9. The summed E-state index contributed by atoms with van der Waals surface area (Å²) in [5.41, 5.74) is 0.979. The van der Waals surface area contributed by atoms with E-state index < -0.39 is 23.6 Å². The monoisotopic (exact) mass is 486 g/mol. The van der Waals surface area contributed by atoms with Gasteiger partial charge >= 0.3 is 12.1 Å². The number of carbonyl (C=O) groups is 3. The summed E-state index contributed by atoms with van der Waals surface area (Å²) in [5.74, 6) is -0.638. The van der Waals surface area contributed by atoms with E-state index in [-0.39, 0.29) is 31.0 Å². The molecule has 192 valence electrons. The van der Waals surface area contributed by atoms with Crippen molar-refractivity contribution in [3.8, 4) is 0 Å². The Morgan fingerprint density at radius 2 is 1.86 bits per heavy atom. The Morgan fingerprint density at radius 3 is 2.46 bits per heavy atom. The Bertz CT molecular complexity index is 1070. The van der Waals surface area contributed by atoms with Gasteiger partial charge in [0.1, 0.15) is 5.60 Å². The van der Waals surface area contributed by atoms with Gasteiger partial charge in [-0.1, -0.05) is 26.0 Å². The molecule has 1 fully saturated rings. The van der Waals surface area contributed by atoms with Gasteiger partial charge in [-0.25, -0.2) is 9.78 Å². The van der Waals surface area contributed by atoms with Crippen molar-refractivity contribution in [3.05, 3.63) is 30.1 Å². The lowest BCUT2D eigenvalue weighted by Gasteiger charge is -2.42. The van der Waals surface area contributed by atoms with E-state index in [4.69, 9.17) is 9.47 Å². The van der Waals surface area contributed by atoms with E-state index in [1.54, 1.807) is 25.7 Å². The lowest BCUT2D eigenvalue weighted by Crippen LogP contribution is -2.57. The van der Waals surface area contributed by atoms with Gasteiger partial charge in [-0.3, -0.25) is 9.59 Å². The Hall–Kier alpha value is -3.10. The number of methoxy groups -OCH3 is 1. The molecule has 0 spiro atoms. The third-order valence-corrected chi connectivity index (χ3v) is 6.04. The second-order valence-corrected chi connectivity index (χ2v) is 10.5. The van der Waals surface area contributed by atoms with Gasteiger partial charge in [0.2, 0.25) is 0 Å². The van der Waals surface area contributed by atoms with E-state index in [2.05, 4.69) is 4.98 Å². The zero-order valence-corrected chi connectivity index (χ0v) is 21.9. The van der Waals surface area contributed by atoms with Crippen LogP contribution in [0.2, 0.25) is 0 Å². The third kappa shape index (κ3) is 6.13. The minimum absolute atomic E-state index is 0.173. The van der Waals surface area contributed by atoms with Gasteiger partial charge in [0.25, 0.3) is 5.91 Å². The number of esters is 1. The second-order valence-electron chi connectivity index (χ2n) is 10.5. The van der Waals surface area contributed by atoms with Crippen molar-refractivity contribution in [3.63, 3.8) is 0 Å². The number of rotatable bonds is 6. The predicted octanol–water partition coefficient (Wildman–Crippen LogP) is 3.95. The van der Waals surface area contributed by atoms with Gasteiger partial charge in [0, 0.05) is 26.2 Å². The van der Waals surface area contributed by atoms with Crippen LogP contribution in [0, 0.1) is 11.8 Å². The maximum Gasteiger partial charge on any atom is 0.410 e. The number of aromatic nitrogens is 2. The van der Waals surface area contributed by atoms with Crippen molar-refractivity contribution >= 4 is 29.0 Å². The highest BCUT2D eigenvalue weighted by Gasteiger charge is 2.40. The van der Waals surface area contributed by atoms with Gasteiger partial charge in [-0.15, -0.1) is 0 Å². The van der Waals surface area contributed by atoms with E-state index in [9.17, 15) is 14.4 Å². The number of piperidine rings is 1. The van der Waals surface area contributed by atoms with Crippen LogP contribution in [0.25, 0.3) is 11.0 Å². The number of imidazole rings is 1. The quantitative estimate of drug-likeness (QED) is 0.574. The molecular weight excluding hydrogens is 448 g/mol. The van der Waals surface area contributed by atoms with E-state index >= 15 is 0 Å². The molecule has 1 aromatic carbocycles. The van der Waals surface area contributed by atoms with E-state index in [1.165, 1.54) is 12.0 Å². The smallest absolute Gasteiger partial charge is 0.410 e. The lowest BCUT2D eigenvalue weighted by atomic mass is 9.92. The summed E-state index contributed by atoms with van der Waals surface area (Å²) in [5, 5.41) is 0. The van der Waals surface area contributed by atoms with E-state index in [0.717, 1.165) is 11.0 Å². The molecule has 2 amide bonds. The molecule has 2 aromatic rings. The highest BCUT2D eigenvalue weighted by atomic mass is 16.6. The molecule has 1 saturated heterocycles. The summed E-state index contributed by atoms with van der Waals surface area (Å²) in [6.07, 6.45) is -0.106. The van der Waals surface area contributed by atoms with Gasteiger partial charge in [-0.2, -0.15) is 0 Å². The van der Waals surface area contributed by atoms with Crippen molar-refractivity contribution in [1.82, 2.24) is 19.4 Å². The Kier molecular flexibility index (Phi) is 8.07. The van der Waals surface area contributed by atoms with Gasteiger partial charge in [-0.05, 0) is 52.2 Å². The molecule has 0 bridgehead atoms. The molecule has 1 aliphatic rings. The molecule has 2 unspecified atom stereocenters.